The zero-order valence-electron chi connectivity index (χ0n) is 6.13. The minimum absolute atomic E-state index is 0. The Morgan fingerprint density at radius 2 is 1.73 bits per heavy atom. The molecule has 1 aliphatic carbocycles. The predicted octanol–water partition coefficient (Wildman–Crippen LogP) is 0.167. The van der Waals surface area contributed by atoms with Gasteiger partial charge in [-0.05, 0) is 6.42 Å². The first-order valence-corrected chi connectivity index (χ1v) is 6.14. The average molecular weight is 373 g/mol. The van der Waals surface area contributed by atoms with Gasteiger partial charge in [-0.15, -0.1) is 0 Å². The topological polar surface area (TPSA) is 0 Å². The van der Waals surface area contributed by atoms with Crippen LogP contribution in [0.25, 0.3) is 0 Å². The zero-order valence-corrected chi connectivity index (χ0v) is 9.92. The Morgan fingerprint density at radius 3 is 2.45 bits per heavy atom. The van der Waals surface area contributed by atoms with E-state index in [1.54, 1.807) is 18.8 Å². The van der Waals surface area contributed by atoms with Gasteiger partial charge in [-0.25, -0.2) is 0 Å². The Balaban J connectivity index is 0. The standard InChI is InChI=1S/C8H11.2ClH.Pt/c1-2-4-6-8-7-5-3-1;;;/h1-2,7H,3-6H2;2*1H;/q-1;;;+2/p-2/b2-1-;;;. The van der Waals surface area contributed by atoms with Crippen LogP contribution in [0.15, 0.2) is 18.2 Å². The molecule has 0 heterocycles. The van der Waals surface area contributed by atoms with Gasteiger partial charge in [0.2, 0.25) is 0 Å². The normalized spacial score (nSPS) is 18.1. The van der Waals surface area contributed by atoms with Crippen molar-refractivity contribution in [3.8, 4) is 0 Å². The van der Waals surface area contributed by atoms with Crippen molar-refractivity contribution in [1.29, 1.82) is 0 Å². The quantitative estimate of drug-likeness (QED) is 0.420. The van der Waals surface area contributed by atoms with E-state index in [-0.39, 0.29) is 12.4 Å². The van der Waals surface area contributed by atoms with Crippen LogP contribution in [-0.2, 0) is 18.8 Å². The van der Waals surface area contributed by atoms with Gasteiger partial charge in [0.05, 0.1) is 0 Å². The molecule has 0 radical (unpaired) electrons. The van der Waals surface area contributed by atoms with E-state index in [0.29, 0.717) is 0 Å². The van der Waals surface area contributed by atoms with Gasteiger partial charge in [-0.3, -0.25) is 6.08 Å². The molecule has 11 heavy (non-hydrogen) atoms. The summed E-state index contributed by atoms with van der Waals surface area (Å²) in [5.74, 6) is 0. The zero-order chi connectivity index (χ0) is 7.66. The molecule has 0 N–H and O–H groups in total. The van der Waals surface area contributed by atoms with Gasteiger partial charge in [-0.2, -0.15) is 6.42 Å². The Bertz CT molecular complexity index is 84.7. The summed E-state index contributed by atoms with van der Waals surface area (Å²) in [5, 5.41) is 0. The molecule has 1 rings (SSSR count). The van der Waals surface area contributed by atoms with Crippen LogP contribution < -0.4 is 12.4 Å². The third kappa shape index (κ3) is 10.7. The van der Waals surface area contributed by atoms with Crippen molar-refractivity contribution in [2.75, 3.05) is 0 Å². The second kappa shape index (κ2) is 13.3. The molecule has 0 amide bonds. The fourth-order valence-electron chi connectivity index (χ4n) is 0.786. The first kappa shape index (κ1) is 14.3. The summed E-state index contributed by atoms with van der Waals surface area (Å²) in [7, 11) is 4.61. The van der Waals surface area contributed by atoms with Crippen LogP contribution in [0.4, 0.5) is 0 Å². The molecular weight excluding hydrogens is 362 g/mol. The number of halogens is 2. The maximum atomic E-state index is 4.61. The molecule has 0 atom stereocenters. The second-order valence-corrected chi connectivity index (χ2v) is 2.00. The SMILES string of the molecule is [C-]1=CCC/C=C\CC1.[Cl-].[Cl][Pt+]. The number of hydrogen-bond donors (Lipinski definition) is 0. The maximum absolute atomic E-state index is 4.61. The summed E-state index contributed by atoms with van der Waals surface area (Å²) in [6.07, 6.45) is 14.5. The molecule has 0 aromatic rings. The Morgan fingerprint density at radius 1 is 1.09 bits per heavy atom. The predicted molar refractivity (Wildman–Crippen MR) is 41.3 cm³/mol. The Labute approximate surface area is 90.3 Å². The first-order valence-electron chi connectivity index (χ1n) is 3.32. The van der Waals surface area contributed by atoms with Crippen LogP contribution >= 0.6 is 9.42 Å². The molecule has 1 aliphatic rings. The minimum atomic E-state index is 0. The molecule has 3 heteroatoms. The van der Waals surface area contributed by atoms with Crippen molar-refractivity contribution < 1.29 is 31.2 Å². The van der Waals surface area contributed by atoms with Crippen molar-refractivity contribution >= 4 is 9.42 Å². The molecular formula is C8H11Cl2Pt-. The van der Waals surface area contributed by atoms with Crippen LogP contribution in [0.3, 0.4) is 0 Å². The van der Waals surface area contributed by atoms with Crippen molar-refractivity contribution in [3.63, 3.8) is 0 Å². The molecule has 0 saturated heterocycles. The number of rotatable bonds is 0. The van der Waals surface area contributed by atoms with Crippen molar-refractivity contribution in [3.05, 3.63) is 24.3 Å². The average Bonchev–Trinajstić information content (AvgIpc) is 1.90. The van der Waals surface area contributed by atoms with E-state index in [2.05, 4.69) is 33.7 Å². The van der Waals surface area contributed by atoms with E-state index >= 15 is 0 Å². The van der Waals surface area contributed by atoms with Gasteiger partial charge in [-0.1, -0.05) is 25.0 Å². The molecule has 0 bridgehead atoms. The monoisotopic (exact) mass is 372 g/mol. The van der Waals surface area contributed by atoms with E-state index in [9.17, 15) is 0 Å². The van der Waals surface area contributed by atoms with E-state index in [0.717, 1.165) is 6.42 Å². The molecule has 0 spiro atoms. The molecule has 0 aromatic carbocycles. The summed E-state index contributed by atoms with van der Waals surface area (Å²) in [6.45, 7) is 0. The summed E-state index contributed by atoms with van der Waals surface area (Å²) < 4.78 is 0. The molecule has 0 nitrogen and oxygen atoms in total. The molecule has 0 unspecified atom stereocenters. The van der Waals surface area contributed by atoms with Gasteiger partial charge in [0.15, 0.2) is 0 Å². The first-order chi connectivity index (χ1) is 5.00. The van der Waals surface area contributed by atoms with E-state index in [1.165, 1.54) is 19.3 Å². The van der Waals surface area contributed by atoms with Gasteiger partial charge < -0.3 is 18.5 Å². The molecule has 0 saturated carbocycles. The van der Waals surface area contributed by atoms with Crippen LogP contribution in [-0.4, -0.2) is 0 Å². The molecule has 0 fully saturated rings. The third-order valence-electron chi connectivity index (χ3n) is 1.24. The fraction of sp³-hybridized carbons (Fsp3) is 0.500. The van der Waals surface area contributed by atoms with Gasteiger partial charge in [0, 0.05) is 0 Å². The van der Waals surface area contributed by atoms with E-state index < -0.39 is 0 Å². The van der Waals surface area contributed by atoms with Crippen LogP contribution in [0, 0.1) is 6.08 Å². The van der Waals surface area contributed by atoms with Crippen LogP contribution in [0.2, 0.25) is 0 Å². The van der Waals surface area contributed by atoms with E-state index in [4.69, 9.17) is 0 Å². The van der Waals surface area contributed by atoms with Crippen molar-refractivity contribution in [1.82, 2.24) is 0 Å². The number of hydrogen-bond acceptors (Lipinski definition) is 0. The van der Waals surface area contributed by atoms with Crippen molar-refractivity contribution in [2.45, 2.75) is 25.7 Å². The Hall–Kier alpha value is 0.748. The second-order valence-electron chi connectivity index (χ2n) is 2.00. The number of allylic oxidation sites excluding steroid dienone is 4. The summed E-state index contributed by atoms with van der Waals surface area (Å²) in [5.41, 5.74) is 0. The summed E-state index contributed by atoms with van der Waals surface area (Å²) >= 11 is 1.61. The van der Waals surface area contributed by atoms with Gasteiger partial charge in [0.25, 0.3) is 0 Å². The van der Waals surface area contributed by atoms with Gasteiger partial charge in [0.1, 0.15) is 0 Å². The molecule has 0 aromatic heterocycles. The third-order valence-corrected chi connectivity index (χ3v) is 1.24. The van der Waals surface area contributed by atoms with Crippen LogP contribution in [0.5, 0.6) is 0 Å². The van der Waals surface area contributed by atoms with Gasteiger partial charge >= 0.3 is 28.2 Å². The van der Waals surface area contributed by atoms with Crippen LogP contribution in [0.1, 0.15) is 25.7 Å². The fourth-order valence-corrected chi connectivity index (χ4v) is 0.786. The Kier molecular flexibility index (Phi) is 17.3. The molecule has 0 aliphatic heterocycles. The molecule has 68 valence electrons. The van der Waals surface area contributed by atoms with E-state index in [1.807, 2.05) is 0 Å². The summed E-state index contributed by atoms with van der Waals surface area (Å²) in [6, 6.07) is 0. The summed E-state index contributed by atoms with van der Waals surface area (Å²) in [4.78, 5) is 0. The van der Waals surface area contributed by atoms with Crippen molar-refractivity contribution in [2.24, 2.45) is 0 Å².